The zero-order valence-corrected chi connectivity index (χ0v) is 27.3. The summed E-state index contributed by atoms with van der Waals surface area (Å²) in [7, 11) is -3.58. The van der Waals surface area contributed by atoms with Crippen LogP contribution >= 0.6 is 32.7 Å². The second kappa shape index (κ2) is 12.9. The summed E-state index contributed by atoms with van der Waals surface area (Å²) in [6.07, 6.45) is 0. The Morgan fingerprint density at radius 2 is 0.400 bits per heavy atom. The van der Waals surface area contributed by atoms with E-state index < -0.39 is 20.1 Å². The highest BCUT2D eigenvalue weighted by Gasteiger charge is 2.36. The van der Waals surface area contributed by atoms with Crippen LogP contribution in [0.15, 0.2) is 244 Å². The molecule has 0 aliphatic carbocycles. The third-order valence-corrected chi connectivity index (χ3v) is 16.3. The van der Waals surface area contributed by atoms with Gasteiger partial charge in [0.2, 0.25) is 0 Å². The lowest BCUT2D eigenvalue weighted by Crippen LogP contribution is -2.07. The van der Waals surface area contributed by atoms with Crippen LogP contribution in [0.1, 0.15) is 0 Å². The zero-order valence-electron chi connectivity index (χ0n) is 24.8. The highest BCUT2D eigenvalue weighted by atomic mass is 32.3. The minimum Gasteiger partial charge on any atom is -0.143 e. The molecule has 45 heavy (non-hydrogen) atoms. The molecule has 0 bridgehead atoms. The Morgan fingerprint density at radius 3 is 0.622 bits per heavy atom. The van der Waals surface area contributed by atoms with E-state index in [1.807, 2.05) is 0 Å². The van der Waals surface area contributed by atoms with Crippen molar-refractivity contribution in [3.8, 4) is 0 Å². The van der Waals surface area contributed by atoms with Gasteiger partial charge in [0, 0.05) is 44.1 Å². The average Bonchev–Trinajstić information content (AvgIpc) is 3.13. The van der Waals surface area contributed by atoms with Crippen LogP contribution in [0.25, 0.3) is 0 Å². The first-order valence-electron chi connectivity index (χ1n) is 15.1. The zero-order chi connectivity index (χ0) is 30.5. The molecular formula is C42H34S3. The maximum absolute atomic E-state index is 4.65. The first kappa shape index (κ1) is 29.3. The fourth-order valence-electron chi connectivity index (χ4n) is 6.25. The van der Waals surface area contributed by atoms with E-state index in [-0.39, 0.29) is 0 Å². The molecule has 0 heterocycles. The van der Waals surface area contributed by atoms with Gasteiger partial charge in [-0.15, -0.1) is 32.7 Å². The normalized spacial score (nSPS) is 12.4. The third-order valence-electron chi connectivity index (χ3n) is 8.20. The van der Waals surface area contributed by atoms with Gasteiger partial charge < -0.3 is 0 Å². The Bertz CT molecular complexity index is 1820. The molecule has 0 aromatic heterocycles. The lowest BCUT2D eigenvalue weighted by atomic mass is 10.3. The van der Waals surface area contributed by atoms with Gasteiger partial charge in [0.05, 0.1) is 0 Å². The molecule has 7 aromatic rings. The number of benzene rings is 7. The summed E-state index contributed by atoms with van der Waals surface area (Å²) in [5, 5.41) is 0. The molecule has 0 aliphatic rings. The fraction of sp³-hybridized carbons (Fsp3) is 0. The molecule has 0 unspecified atom stereocenters. The molecule has 0 saturated heterocycles. The van der Waals surface area contributed by atoms with Gasteiger partial charge in [-0.25, -0.2) is 0 Å². The molecule has 3 heteroatoms. The van der Waals surface area contributed by atoms with Gasteiger partial charge in [0.15, 0.2) is 0 Å². The molecule has 0 spiro atoms. The molecule has 0 nitrogen and oxygen atoms in total. The third kappa shape index (κ3) is 5.21. The maximum Gasteiger partial charge on any atom is 0.00407 e. The van der Waals surface area contributed by atoms with Crippen molar-refractivity contribution in [2.24, 2.45) is 0 Å². The van der Waals surface area contributed by atoms with Crippen molar-refractivity contribution in [2.75, 3.05) is 0 Å². The van der Waals surface area contributed by atoms with Crippen LogP contribution < -0.4 is 0 Å². The van der Waals surface area contributed by atoms with Gasteiger partial charge in [-0.2, -0.15) is 0 Å². The van der Waals surface area contributed by atoms with Gasteiger partial charge in [-0.1, -0.05) is 91.0 Å². The van der Waals surface area contributed by atoms with Crippen molar-refractivity contribution in [1.29, 1.82) is 0 Å². The summed E-state index contributed by atoms with van der Waals surface area (Å²) in [6, 6.07) is 73.5. The van der Waals surface area contributed by atoms with Crippen molar-refractivity contribution in [3.63, 3.8) is 0 Å². The molecule has 0 N–H and O–H groups in total. The Kier molecular flexibility index (Phi) is 8.41. The summed E-state index contributed by atoms with van der Waals surface area (Å²) >= 11 is 4.65. The predicted octanol–water partition coefficient (Wildman–Crippen LogP) is 12.7. The highest BCUT2D eigenvalue weighted by Crippen LogP contribution is 2.76. The van der Waals surface area contributed by atoms with Crippen LogP contribution in [0, 0.1) is 0 Å². The van der Waals surface area contributed by atoms with Gasteiger partial charge in [-0.3, -0.25) is 0 Å². The highest BCUT2D eigenvalue weighted by molar-refractivity contribution is 8.34. The molecule has 7 rings (SSSR count). The maximum atomic E-state index is 4.65. The summed E-state index contributed by atoms with van der Waals surface area (Å²) in [4.78, 5) is 11.5. The van der Waals surface area contributed by atoms with Crippen LogP contribution in [-0.2, 0) is 0 Å². The lowest BCUT2D eigenvalue weighted by molar-refractivity contribution is 1.19. The standard InChI is InChI=1S/C42H34S3/c43-34-26-28-40(29-27-34)45(38-22-12-4-13-23-38,39-24-14-5-15-25-39)42-32-30-41(31-33-42)44(35-16-6-1-7-17-35,36-18-8-2-9-19-36)37-20-10-3-11-21-37/h1-33,43H. The van der Waals surface area contributed by atoms with Crippen molar-refractivity contribution in [1.82, 2.24) is 0 Å². The van der Waals surface area contributed by atoms with E-state index in [1.54, 1.807) is 0 Å². The summed E-state index contributed by atoms with van der Waals surface area (Å²) in [6.45, 7) is 0. The number of hydrogen-bond donors (Lipinski definition) is 1. The SMILES string of the molecule is Sc1ccc(S(c2ccccc2)(c2ccccc2)c2ccc(S(c3ccccc3)(c3ccccc3)c3ccccc3)cc2)cc1. The molecule has 0 radical (unpaired) electrons. The van der Waals surface area contributed by atoms with Crippen LogP contribution in [0.2, 0.25) is 0 Å². The predicted molar refractivity (Wildman–Crippen MR) is 194 cm³/mol. The van der Waals surface area contributed by atoms with Gasteiger partial charge in [0.1, 0.15) is 0 Å². The van der Waals surface area contributed by atoms with E-state index in [4.69, 9.17) is 0 Å². The monoisotopic (exact) mass is 634 g/mol. The van der Waals surface area contributed by atoms with E-state index in [0.717, 1.165) is 4.90 Å². The summed E-state index contributed by atoms with van der Waals surface area (Å²) < 4.78 is 0. The molecule has 0 aliphatic heterocycles. The van der Waals surface area contributed by atoms with Gasteiger partial charge in [0.25, 0.3) is 0 Å². The minimum atomic E-state index is -1.81. The summed E-state index contributed by atoms with van der Waals surface area (Å²) in [5.41, 5.74) is 0. The van der Waals surface area contributed by atoms with Crippen molar-refractivity contribution >= 4 is 32.7 Å². The molecule has 0 atom stereocenters. The Hall–Kier alpha value is -4.41. The molecule has 7 aromatic carbocycles. The molecule has 0 amide bonds. The van der Waals surface area contributed by atoms with E-state index in [0.29, 0.717) is 0 Å². The van der Waals surface area contributed by atoms with Crippen LogP contribution in [0.5, 0.6) is 0 Å². The van der Waals surface area contributed by atoms with E-state index >= 15 is 0 Å². The quantitative estimate of drug-likeness (QED) is 0.158. The van der Waals surface area contributed by atoms with Gasteiger partial charge in [-0.05, 0) is 109 Å². The molecule has 220 valence electrons. The Labute approximate surface area is 275 Å². The minimum absolute atomic E-state index is 0.963. The first-order valence-corrected chi connectivity index (χ1v) is 18.8. The average molecular weight is 635 g/mol. The Balaban J connectivity index is 1.53. The van der Waals surface area contributed by atoms with Crippen LogP contribution in [-0.4, -0.2) is 0 Å². The second-order valence-electron chi connectivity index (χ2n) is 10.8. The molecule has 0 fully saturated rings. The van der Waals surface area contributed by atoms with Gasteiger partial charge >= 0.3 is 0 Å². The summed E-state index contributed by atoms with van der Waals surface area (Å²) in [5.74, 6) is 0. The van der Waals surface area contributed by atoms with Crippen molar-refractivity contribution in [2.45, 2.75) is 44.1 Å². The van der Waals surface area contributed by atoms with E-state index in [2.05, 4.69) is 213 Å². The largest absolute Gasteiger partial charge is 0.143 e. The Morgan fingerprint density at radius 1 is 0.222 bits per heavy atom. The van der Waals surface area contributed by atoms with Crippen LogP contribution in [0.3, 0.4) is 0 Å². The topological polar surface area (TPSA) is 0 Å². The number of thiol groups is 1. The second-order valence-corrected chi connectivity index (χ2v) is 17.5. The van der Waals surface area contributed by atoms with Crippen molar-refractivity contribution in [3.05, 3.63) is 200 Å². The molecule has 0 saturated carbocycles. The lowest BCUT2D eigenvalue weighted by Gasteiger charge is -2.44. The van der Waals surface area contributed by atoms with Crippen molar-refractivity contribution < 1.29 is 0 Å². The van der Waals surface area contributed by atoms with E-state index in [1.165, 1.54) is 39.2 Å². The van der Waals surface area contributed by atoms with Crippen LogP contribution in [0.4, 0.5) is 0 Å². The van der Waals surface area contributed by atoms with E-state index in [9.17, 15) is 0 Å². The first-order chi connectivity index (χ1) is 22.2. The molecular weight excluding hydrogens is 601 g/mol. The number of rotatable bonds is 8. The smallest absolute Gasteiger partial charge is 0.00407 e. The fourth-order valence-corrected chi connectivity index (χ4v) is 14.1. The number of hydrogen-bond acceptors (Lipinski definition) is 1.